The van der Waals surface area contributed by atoms with Gasteiger partial charge >= 0.3 is 0 Å². The van der Waals surface area contributed by atoms with Gasteiger partial charge in [0.15, 0.2) is 0 Å². The van der Waals surface area contributed by atoms with Crippen molar-refractivity contribution in [2.75, 3.05) is 7.11 Å². The van der Waals surface area contributed by atoms with Gasteiger partial charge in [-0.25, -0.2) is 4.68 Å². The van der Waals surface area contributed by atoms with E-state index in [1.165, 1.54) is 11.1 Å². The number of rotatable bonds is 3. The highest BCUT2D eigenvalue weighted by Crippen LogP contribution is 2.22. The summed E-state index contributed by atoms with van der Waals surface area (Å²) in [6, 6.07) is 16.3. The summed E-state index contributed by atoms with van der Waals surface area (Å²) in [7, 11) is 1.67. The van der Waals surface area contributed by atoms with Crippen molar-refractivity contribution in [3.63, 3.8) is 0 Å². The molecule has 0 bridgehead atoms. The van der Waals surface area contributed by atoms with Crippen LogP contribution in [0, 0.1) is 6.92 Å². The van der Waals surface area contributed by atoms with Gasteiger partial charge in [-0.2, -0.15) is 5.10 Å². The van der Waals surface area contributed by atoms with E-state index in [4.69, 9.17) is 4.74 Å². The molecule has 1 aromatic heterocycles. The Morgan fingerprint density at radius 1 is 1.00 bits per heavy atom. The first-order chi connectivity index (χ1) is 9.76. The summed E-state index contributed by atoms with van der Waals surface area (Å²) in [5.74, 6) is 0.829. The molecule has 0 N–H and O–H groups in total. The first kappa shape index (κ1) is 12.5. The molecular formula is C17H16N2O. The fourth-order valence-electron chi connectivity index (χ4n) is 2.11. The third-order valence-corrected chi connectivity index (χ3v) is 3.29. The van der Waals surface area contributed by atoms with E-state index >= 15 is 0 Å². The van der Waals surface area contributed by atoms with Crippen LogP contribution in [0.15, 0.2) is 60.9 Å². The van der Waals surface area contributed by atoms with Crippen LogP contribution in [0.1, 0.15) is 5.56 Å². The van der Waals surface area contributed by atoms with Gasteiger partial charge in [0.2, 0.25) is 0 Å². The van der Waals surface area contributed by atoms with Gasteiger partial charge in [-0.15, -0.1) is 0 Å². The predicted octanol–water partition coefficient (Wildman–Crippen LogP) is 3.86. The van der Waals surface area contributed by atoms with Crippen molar-refractivity contribution in [3.05, 3.63) is 66.5 Å². The highest BCUT2D eigenvalue weighted by Gasteiger charge is 2.04. The second-order valence-electron chi connectivity index (χ2n) is 4.74. The summed E-state index contributed by atoms with van der Waals surface area (Å²) in [6.45, 7) is 2.09. The second-order valence-corrected chi connectivity index (χ2v) is 4.74. The Morgan fingerprint density at radius 3 is 2.55 bits per heavy atom. The van der Waals surface area contributed by atoms with Crippen molar-refractivity contribution in [1.29, 1.82) is 0 Å². The number of hydrogen-bond acceptors (Lipinski definition) is 2. The van der Waals surface area contributed by atoms with E-state index in [1.54, 1.807) is 7.11 Å². The maximum atomic E-state index is 5.24. The Labute approximate surface area is 118 Å². The van der Waals surface area contributed by atoms with E-state index in [1.807, 2.05) is 41.3 Å². The van der Waals surface area contributed by atoms with Crippen molar-refractivity contribution in [2.45, 2.75) is 6.92 Å². The van der Waals surface area contributed by atoms with Gasteiger partial charge < -0.3 is 4.74 Å². The number of methoxy groups -OCH3 is 1. The Balaban J connectivity index is 1.95. The molecule has 3 heteroatoms. The number of hydrogen-bond donors (Lipinski definition) is 0. The smallest absolute Gasteiger partial charge is 0.121 e. The molecule has 0 aliphatic carbocycles. The fourth-order valence-corrected chi connectivity index (χ4v) is 2.11. The van der Waals surface area contributed by atoms with E-state index in [9.17, 15) is 0 Å². The lowest BCUT2D eigenvalue weighted by Crippen LogP contribution is -1.94. The number of nitrogens with zero attached hydrogens (tertiary/aromatic N) is 2. The zero-order chi connectivity index (χ0) is 13.9. The topological polar surface area (TPSA) is 27.1 Å². The van der Waals surface area contributed by atoms with E-state index < -0.39 is 0 Å². The minimum atomic E-state index is 0.829. The summed E-state index contributed by atoms with van der Waals surface area (Å²) in [5.41, 5.74) is 4.52. The standard InChI is InChI=1S/C17H16N2O/c1-13-6-8-14(9-7-13)15-11-18-19(12-15)16-4-3-5-17(10-16)20-2/h3-12H,1-2H3. The Bertz CT molecular complexity index is 714. The van der Waals surface area contributed by atoms with Crippen LogP contribution in [-0.4, -0.2) is 16.9 Å². The van der Waals surface area contributed by atoms with Crippen LogP contribution in [0.2, 0.25) is 0 Å². The van der Waals surface area contributed by atoms with Crippen molar-refractivity contribution in [3.8, 4) is 22.6 Å². The molecular weight excluding hydrogens is 248 g/mol. The lowest BCUT2D eigenvalue weighted by Gasteiger charge is -2.04. The molecule has 0 fully saturated rings. The molecule has 0 aliphatic heterocycles. The number of benzene rings is 2. The van der Waals surface area contributed by atoms with E-state index in [2.05, 4.69) is 36.3 Å². The molecule has 0 radical (unpaired) electrons. The number of ether oxygens (including phenoxy) is 1. The summed E-state index contributed by atoms with van der Waals surface area (Å²) in [5, 5.41) is 4.42. The average molecular weight is 264 g/mol. The van der Waals surface area contributed by atoms with Crippen LogP contribution in [0.25, 0.3) is 16.8 Å². The number of aromatic nitrogens is 2. The van der Waals surface area contributed by atoms with Gasteiger partial charge in [0.05, 0.1) is 19.0 Å². The zero-order valence-electron chi connectivity index (χ0n) is 11.6. The first-order valence-electron chi connectivity index (χ1n) is 6.52. The zero-order valence-corrected chi connectivity index (χ0v) is 11.6. The van der Waals surface area contributed by atoms with Crippen molar-refractivity contribution < 1.29 is 4.74 Å². The molecule has 0 aliphatic rings. The Kier molecular flexibility index (Phi) is 3.25. The summed E-state index contributed by atoms with van der Waals surface area (Å²) in [4.78, 5) is 0. The maximum Gasteiger partial charge on any atom is 0.121 e. The van der Waals surface area contributed by atoms with Crippen LogP contribution >= 0.6 is 0 Å². The van der Waals surface area contributed by atoms with Crippen LogP contribution in [0.5, 0.6) is 5.75 Å². The van der Waals surface area contributed by atoms with Crippen molar-refractivity contribution >= 4 is 0 Å². The van der Waals surface area contributed by atoms with Crippen LogP contribution in [-0.2, 0) is 0 Å². The largest absolute Gasteiger partial charge is 0.497 e. The minimum Gasteiger partial charge on any atom is -0.497 e. The molecule has 20 heavy (non-hydrogen) atoms. The maximum absolute atomic E-state index is 5.24. The van der Waals surface area contributed by atoms with E-state index in [0.29, 0.717) is 0 Å². The molecule has 1 heterocycles. The second kappa shape index (κ2) is 5.21. The molecule has 2 aromatic carbocycles. The molecule has 0 atom stereocenters. The SMILES string of the molecule is COc1cccc(-n2cc(-c3ccc(C)cc3)cn2)c1. The fraction of sp³-hybridized carbons (Fsp3) is 0.118. The Hall–Kier alpha value is -2.55. The van der Waals surface area contributed by atoms with Gasteiger partial charge in [0.1, 0.15) is 5.75 Å². The summed E-state index contributed by atoms with van der Waals surface area (Å²) < 4.78 is 7.10. The van der Waals surface area contributed by atoms with Gasteiger partial charge in [-0.1, -0.05) is 35.9 Å². The molecule has 3 nitrogen and oxygen atoms in total. The molecule has 3 rings (SSSR count). The third-order valence-electron chi connectivity index (χ3n) is 3.29. The van der Waals surface area contributed by atoms with Gasteiger partial charge in [0.25, 0.3) is 0 Å². The van der Waals surface area contributed by atoms with E-state index in [-0.39, 0.29) is 0 Å². The van der Waals surface area contributed by atoms with Crippen LogP contribution in [0.4, 0.5) is 0 Å². The number of aryl methyl sites for hydroxylation is 1. The minimum absolute atomic E-state index is 0.829. The quantitative estimate of drug-likeness (QED) is 0.718. The first-order valence-corrected chi connectivity index (χ1v) is 6.52. The van der Waals surface area contributed by atoms with Gasteiger partial charge in [-0.3, -0.25) is 0 Å². The van der Waals surface area contributed by atoms with Gasteiger partial charge in [-0.05, 0) is 24.6 Å². The third kappa shape index (κ3) is 2.43. The highest BCUT2D eigenvalue weighted by atomic mass is 16.5. The Morgan fingerprint density at radius 2 is 1.80 bits per heavy atom. The molecule has 0 amide bonds. The van der Waals surface area contributed by atoms with Crippen LogP contribution in [0.3, 0.4) is 0 Å². The molecule has 0 unspecified atom stereocenters. The van der Waals surface area contributed by atoms with Crippen LogP contribution < -0.4 is 4.74 Å². The average Bonchev–Trinajstić information content (AvgIpc) is 2.98. The lowest BCUT2D eigenvalue weighted by atomic mass is 10.1. The normalized spacial score (nSPS) is 10.5. The van der Waals surface area contributed by atoms with Gasteiger partial charge in [0, 0.05) is 17.8 Å². The summed E-state index contributed by atoms with van der Waals surface area (Å²) in [6.07, 6.45) is 3.91. The van der Waals surface area contributed by atoms with E-state index in [0.717, 1.165) is 17.0 Å². The predicted molar refractivity (Wildman–Crippen MR) is 80.3 cm³/mol. The monoisotopic (exact) mass is 264 g/mol. The molecule has 0 spiro atoms. The molecule has 0 saturated carbocycles. The molecule has 0 saturated heterocycles. The van der Waals surface area contributed by atoms with Crippen molar-refractivity contribution in [2.24, 2.45) is 0 Å². The highest BCUT2D eigenvalue weighted by molar-refractivity contribution is 5.62. The summed E-state index contributed by atoms with van der Waals surface area (Å²) >= 11 is 0. The lowest BCUT2D eigenvalue weighted by molar-refractivity contribution is 0.414. The molecule has 3 aromatic rings. The molecule has 100 valence electrons. The van der Waals surface area contributed by atoms with Crippen molar-refractivity contribution in [1.82, 2.24) is 9.78 Å².